The average Bonchev–Trinajstić information content (AvgIpc) is 2.69. The van der Waals surface area contributed by atoms with E-state index in [9.17, 15) is 15.3 Å². The summed E-state index contributed by atoms with van der Waals surface area (Å²) < 4.78 is 0. The normalized spacial score (nSPS) is 42.1. The van der Waals surface area contributed by atoms with Crippen LogP contribution in [-0.4, -0.2) is 27.5 Å². The van der Waals surface area contributed by atoms with Crippen LogP contribution in [0, 0.1) is 11.3 Å². The summed E-state index contributed by atoms with van der Waals surface area (Å²) in [4.78, 5) is 0. The van der Waals surface area contributed by atoms with Gasteiger partial charge in [0.25, 0.3) is 0 Å². The second kappa shape index (κ2) is 4.50. The van der Waals surface area contributed by atoms with Crippen LogP contribution in [-0.2, 0) is 0 Å². The lowest BCUT2D eigenvalue weighted by Crippen LogP contribution is -2.47. The first-order valence-electron chi connectivity index (χ1n) is 7.17. The number of fused-ring (bicyclic) bond motifs is 1. The van der Waals surface area contributed by atoms with Gasteiger partial charge in [-0.1, -0.05) is 19.1 Å². The number of aliphatic hydroxyl groups is 2. The van der Waals surface area contributed by atoms with Crippen LogP contribution in [0.3, 0.4) is 0 Å². The summed E-state index contributed by atoms with van der Waals surface area (Å²) in [7, 11) is 0. The summed E-state index contributed by atoms with van der Waals surface area (Å²) in [6.07, 6.45) is 2.73. The number of aromatic hydroxyl groups is 1. The second-order valence-corrected chi connectivity index (χ2v) is 6.43. The van der Waals surface area contributed by atoms with Gasteiger partial charge in [0.1, 0.15) is 5.75 Å². The van der Waals surface area contributed by atoms with Crippen molar-refractivity contribution in [1.82, 2.24) is 0 Å². The number of phenolic OH excluding ortho intramolecular Hbond substituents is 1. The van der Waals surface area contributed by atoms with Crippen molar-refractivity contribution in [2.24, 2.45) is 11.3 Å². The van der Waals surface area contributed by atoms with Crippen molar-refractivity contribution in [3.8, 4) is 5.75 Å². The lowest BCUT2D eigenvalue weighted by molar-refractivity contribution is -0.0915. The molecule has 2 aliphatic carbocycles. The standard InChI is InChI=1S/C16H22O3/c1-16-12(4-7-14(16)18)8-11(9-15(16)19)10-2-5-13(17)6-3-10/h2-3,5-6,11-12,14-15,17-19H,4,7-9H2,1H3. The zero-order chi connectivity index (χ0) is 13.6. The molecule has 3 rings (SSSR count). The number of benzene rings is 1. The zero-order valence-corrected chi connectivity index (χ0v) is 11.3. The molecule has 1 aromatic rings. The summed E-state index contributed by atoms with van der Waals surface area (Å²) in [6.45, 7) is 2.03. The van der Waals surface area contributed by atoms with Gasteiger partial charge in [-0.15, -0.1) is 0 Å². The Morgan fingerprint density at radius 1 is 1.00 bits per heavy atom. The van der Waals surface area contributed by atoms with Crippen LogP contribution in [0.2, 0.25) is 0 Å². The van der Waals surface area contributed by atoms with Gasteiger partial charge in [0.05, 0.1) is 12.2 Å². The Morgan fingerprint density at radius 3 is 2.37 bits per heavy atom. The molecule has 1 aromatic carbocycles. The molecule has 0 aliphatic heterocycles. The number of aliphatic hydroxyl groups excluding tert-OH is 2. The van der Waals surface area contributed by atoms with Crippen molar-refractivity contribution in [1.29, 1.82) is 0 Å². The highest BCUT2D eigenvalue weighted by Gasteiger charge is 2.54. The summed E-state index contributed by atoms with van der Waals surface area (Å²) in [6, 6.07) is 7.31. The fraction of sp³-hybridized carbons (Fsp3) is 0.625. The smallest absolute Gasteiger partial charge is 0.115 e. The minimum atomic E-state index is -0.442. The Bertz CT molecular complexity index is 456. The summed E-state index contributed by atoms with van der Waals surface area (Å²) in [5, 5.41) is 30.0. The third-order valence-corrected chi connectivity index (χ3v) is 5.55. The van der Waals surface area contributed by atoms with Crippen LogP contribution in [0.1, 0.15) is 44.1 Å². The van der Waals surface area contributed by atoms with Gasteiger partial charge in [0.2, 0.25) is 0 Å². The first-order valence-corrected chi connectivity index (χ1v) is 7.17. The van der Waals surface area contributed by atoms with E-state index < -0.39 is 6.10 Å². The van der Waals surface area contributed by atoms with Gasteiger partial charge in [-0.05, 0) is 55.2 Å². The fourth-order valence-electron chi connectivity index (χ4n) is 4.10. The lowest BCUT2D eigenvalue weighted by Gasteiger charge is -2.46. The molecule has 0 radical (unpaired) electrons. The lowest BCUT2D eigenvalue weighted by atomic mass is 9.62. The first kappa shape index (κ1) is 12.9. The maximum absolute atomic E-state index is 10.5. The van der Waals surface area contributed by atoms with Crippen molar-refractivity contribution in [2.75, 3.05) is 0 Å². The van der Waals surface area contributed by atoms with Crippen molar-refractivity contribution in [3.05, 3.63) is 29.8 Å². The van der Waals surface area contributed by atoms with Crippen LogP contribution in [0.15, 0.2) is 24.3 Å². The highest BCUT2D eigenvalue weighted by Crippen LogP contribution is 2.55. The van der Waals surface area contributed by atoms with Gasteiger partial charge < -0.3 is 15.3 Å². The molecule has 2 saturated carbocycles. The van der Waals surface area contributed by atoms with E-state index >= 15 is 0 Å². The summed E-state index contributed by atoms with van der Waals surface area (Å²) in [5.41, 5.74) is 0.855. The first-order chi connectivity index (χ1) is 9.01. The maximum Gasteiger partial charge on any atom is 0.115 e. The average molecular weight is 262 g/mol. The molecule has 0 amide bonds. The fourth-order valence-corrected chi connectivity index (χ4v) is 4.10. The van der Waals surface area contributed by atoms with Crippen molar-refractivity contribution < 1.29 is 15.3 Å². The van der Waals surface area contributed by atoms with Crippen LogP contribution in [0.5, 0.6) is 5.75 Å². The Hall–Kier alpha value is -1.06. The molecule has 19 heavy (non-hydrogen) atoms. The predicted octanol–water partition coefficient (Wildman–Crippen LogP) is 2.41. The minimum Gasteiger partial charge on any atom is -0.508 e. The number of rotatable bonds is 1. The Morgan fingerprint density at radius 2 is 1.68 bits per heavy atom. The molecule has 5 atom stereocenters. The third-order valence-electron chi connectivity index (χ3n) is 5.55. The van der Waals surface area contributed by atoms with E-state index in [4.69, 9.17) is 0 Å². The van der Waals surface area contributed by atoms with E-state index in [1.54, 1.807) is 12.1 Å². The second-order valence-electron chi connectivity index (χ2n) is 6.43. The zero-order valence-electron chi connectivity index (χ0n) is 11.3. The molecule has 2 aliphatic rings. The quantitative estimate of drug-likeness (QED) is 0.728. The van der Waals surface area contributed by atoms with Gasteiger partial charge in [-0.2, -0.15) is 0 Å². The highest BCUT2D eigenvalue weighted by molar-refractivity contribution is 5.29. The van der Waals surface area contributed by atoms with Crippen LogP contribution >= 0.6 is 0 Å². The van der Waals surface area contributed by atoms with Gasteiger partial charge >= 0.3 is 0 Å². The van der Waals surface area contributed by atoms with Crippen LogP contribution in [0.25, 0.3) is 0 Å². The van der Waals surface area contributed by atoms with Crippen LogP contribution in [0.4, 0.5) is 0 Å². The van der Waals surface area contributed by atoms with Crippen molar-refractivity contribution in [3.63, 3.8) is 0 Å². The Kier molecular flexibility index (Phi) is 3.06. The maximum atomic E-state index is 10.5. The molecular weight excluding hydrogens is 240 g/mol. The Balaban J connectivity index is 1.83. The number of hydrogen-bond donors (Lipinski definition) is 3. The number of hydrogen-bond acceptors (Lipinski definition) is 3. The molecule has 104 valence electrons. The number of phenols is 1. The largest absolute Gasteiger partial charge is 0.508 e. The SMILES string of the molecule is CC12C(O)CCC1CC(c1ccc(O)cc1)CC2O. The van der Waals surface area contributed by atoms with E-state index in [2.05, 4.69) is 0 Å². The molecule has 2 fully saturated rings. The van der Waals surface area contributed by atoms with Crippen LogP contribution < -0.4 is 0 Å². The molecule has 5 unspecified atom stereocenters. The molecule has 0 bridgehead atoms. The third kappa shape index (κ3) is 1.96. The van der Waals surface area contributed by atoms with E-state index in [-0.39, 0.29) is 17.3 Å². The molecule has 3 nitrogen and oxygen atoms in total. The van der Waals surface area contributed by atoms with E-state index in [1.165, 1.54) is 5.56 Å². The minimum absolute atomic E-state index is 0.279. The van der Waals surface area contributed by atoms with Crippen molar-refractivity contribution in [2.45, 2.75) is 50.7 Å². The monoisotopic (exact) mass is 262 g/mol. The molecule has 0 aromatic heterocycles. The predicted molar refractivity (Wildman–Crippen MR) is 72.9 cm³/mol. The van der Waals surface area contributed by atoms with Gasteiger partial charge in [-0.25, -0.2) is 0 Å². The molecule has 0 heterocycles. The van der Waals surface area contributed by atoms with Gasteiger partial charge in [0, 0.05) is 5.41 Å². The van der Waals surface area contributed by atoms with E-state index in [1.807, 2.05) is 19.1 Å². The van der Waals surface area contributed by atoms with Gasteiger partial charge in [-0.3, -0.25) is 0 Å². The molecular formula is C16H22O3. The molecule has 3 N–H and O–H groups in total. The Labute approximate surface area is 113 Å². The molecule has 0 spiro atoms. The topological polar surface area (TPSA) is 60.7 Å². The van der Waals surface area contributed by atoms with Crippen molar-refractivity contribution >= 4 is 0 Å². The van der Waals surface area contributed by atoms with Gasteiger partial charge in [0.15, 0.2) is 0 Å². The summed E-state index contributed by atoms with van der Waals surface area (Å²) >= 11 is 0. The van der Waals surface area contributed by atoms with E-state index in [0.29, 0.717) is 18.3 Å². The molecule has 3 heteroatoms. The molecule has 0 saturated heterocycles. The summed E-state index contributed by atoms with van der Waals surface area (Å²) in [5.74, 6) is 1.00. The van der Waals surface area contributed by atoms with E-state index in [0.717, 1.165) is 19.3 Å². The highest BCUT2D eigenvalue weighted by atomic mass is 16.3.